The average molecular weight is 294 g/mol. The fourth-order valence-corrected chi connectivity index (χ4v) is 2.55. The molecule has 0 atom stereocenters. The van der Waals surface area contributed by atoms with Crippen LogP contribution in [0.25, 0.3) is 0 Å². The van der Waals surface area contributed by atoms with Gasteiger partial charge in [-0.1, -0.05) is 0 Å². The summed E-state index contributed by atoms with van der Waals surface area (Å²) in [7, 11) is 0. The SMILES string of the molecule is Cc1cc([N+](=O)[O-])cnc1N1CCC(OCCCN)CC1. The summed E-state index contributed by atoms with van der Waals surface area (Å²) in [5.74, 6) is 0.834. The van der Waals surface area contributed by atoms with Crippen molar-refractivity contribution >= 4 is 11.5 Å². The Morgan fingerprint density at radius 1 is 1.52 bits per heavy atom. The van der Waals surface area contributed by atoms with Crippen molar-refractivity contribution in [3.8, 4) is 0 Å². The first-order valence-electron chi connectivity index (χ1n) is 7.29. The topological polar surface area (TPSA) is 94.5 Å². The number of piperidine rings is 1. The number of ether oxygens (including phenoxy) is 1. The lowest BCUT2D eigenvalue weighted by Gasteiger charge is -2.33. The molecular formula is C14H22N4O3. The van der Waals surface area contributed by atoms with Crippen molar-refractivity contribution < 1.29 is 9.66 Å². The highest BCUT2D eigenvalue weighted by atomic mass is 16.6. The molecule has 21 heavy (non-hydrogen) atoms. The molecule has 116 valence electrons. The Morgan fingerprint density at radius 3 is 2.81 bits per heavy atom. The molecule has 0 radical (unpaired) electrons. The lowest BCUT2D eigenvalue weighted by molar-refractivity contribution is -0.385. The molecule has 1 aromatic heterocycles. The zero-order chi connectivity index (χ0) is 15.2. The van der Waals surface area contributed by atoms with Crippen LogP contribution in [0.5, 0.6) is 0 Å². The van der Waals surface area contributed by atoms with Gasteiger partial charge in [-0.15, -0.1) is 0 Å². The summed E-state index contributed by atoms with van der Waals surface area (Å²) < 4.78 is 5.77. The van der Waals surface area contributed by atoms with E-state index in [4.69, 9.17) is 10.5 Å². The van der Waals surface area contributed by atoms with Gasteiger partial charge in [0.25, 0.3) is 5.69 Å². The van der Waals surface area contributed by atoms with Gasteiger partial charge in [-0.05, 0) is 38.3 Å². The Labute approximate surface area is 124 Å². The lowest BCUT2D eigenvalue weighted by Crippen LogP contribution is -2.38. The van der Waals surface area contributed by atoms with Crippen LogP contribution in [0.4, 0.5) is 11.5 Å². The van der Waals surface area contributed by atoms with Crippen molar-refractivity contribution in [2.75, 3.05) is 31.1 Å². The lowest BCUT2D eigenvalue weighted by atomic mass is 10.1. The Kier molecular flexibility index (Phi) is 5.46. The van der Waals surface area contributed by atoms with Gasteiger partial charge < -0.3 is 15.4 Å². The van der Waals surface area contributed by atoms with E-state index in [1.54, 1.807) is 6.07 Å². The largest absolute Gasteiger partial charge is 0.378 e. The van der Waals surface area contributed by atoms with E-state index in [9.17, 15) is 10.1 Å². The zero-order valence-electron chi connectivity index (χ0n) is 12.3. The normalized spacial score (nSPS) is 16.2. The molecule has 1 aliphatic heterocycles. The van der Waals surface area contributed by atoms with Crippen LogP contribution in [0.2, 0.25) is 0 Å². The minimum Gasteiger partial charge on any atom is -0.378 e. The molecule has 0 unspecified atom stereocenters. The molecule has 1 aromatic rings. The molecule has 0 bridgehead atoms. The number of anilines is 1. The van der Waals surface area contributed by atoms with Crippen molar-refractivity contribution in [2.45, 2.75) is 32.3 Å². The molecule has 7 heteroatoms. The van der Waals surface area contributed by atoms with Crippen LogP contribution in [-0.2, 0) is 4.74 Å². The van der Waals surface area contributed by atoms with Gasteiger partial charge in [-0.25, -0.2) is 4.98 Å². The third-order valence-electron chi connectivity index (χ3n) is 3.69. The molecule has 0 aromatic carbocycles. The van der Waals surface area contributed by atoms with E-state index in [0.29, 0.717) is 6.54 Å². The Bertz CT molecular complexity index is 487. The molecule has 1 aliphatic rings. The van der Waals surface area contributed by atoms with Gasteiger partial charge in [0.15, 0.2) is 0 Å². The van der Waals surface area contributed by atoms with E-state index in [0.717, 1.165) is 50.3 Å². The molecule has 2 heterocycles. The highest BCUT2D eigenvalue weighted by molar-refractivity contribution is 5.50. The van der Waals surface area contributed by atoms with Crippen LogP contribution >= 0.6 is 0 Å². The van der Waals surface area contributed by atoms with E-state index in [2.05, 4.69) is 9.88 Å². The first-order valence-corrected chi connectivity index (χ1v) is 7.29. The van der Waals surface area contributed by atoms with Crippen molar-refractivity contribution in [3.05, 3.63) is 27.9 Å². The van der Waals surface area contributed by atoms with Crippen LogP contribution in [0.1, 0.15) is 24.8 Å². The van der Waals surface area contributed by atoms with Gasteiger partial charge in [0.2, 0.25) is 0 Å². The number of nitrogens with zero attached hydrogens (tertiary/aromatic N) is 3. The quantitative estimate of drug-likeness (QED) is 0.487. The molecule has 2 N–H and O–H groups in total. The minimum atomic E-state index is -0.415. The van der Waals surface area contributed by atoms with Crippen LogP contribution in [0.3, 0.4) is 0 Å². The predicted octanol–water partition coefficient (Wildman–Crippen LogP) is 1.63. The van der Waals surface area contributed by atoms with Gasteiger partial charge in [0, 0.05) is 25.8 Å². The number of pyridine rings is 1. The number of hydrogen-bond acceptors (Lipinski definition) is 6. The summed E-state index contributed by atoms with van der Waals surface area (Å²) in [4.78, 5) is 16.7. The first-order chi connectivity index (χ1) is 10.1. The second kappa shape index (κ2) is 7.33. The smallest absolute Gasteiger partial charge is 0.287 e. The van der Waals surface area contributed by atoms with Crippen molar-refractivity contribution in [3.63, 3.8) is 0 Å². The summed E-state index contributed by atoms with van der Waals surface area (Å²) in [6.07, 6.45) is 4.40. The molecule has 1 fully saturated rings. The average Bonchev–Trinajstić information content (AvgIpc) is 2.48. The third kappa shape index (κ3) is 4.12. The maximum absolute atomic E-state index is 10.7. The molecule has 0 saturated carbocycles. The van der Waals surface area contributed by atoms with Crippen molar-refractivity contribution in [1.29, 1.82) is 0 Å². The van der Waals surface area contributed by atoms with Gasteiger partial charge in [-0.2, -0.15) is 0 Å². The maximum Gasteiger partial charge on any atom is 0.287 e. The highest BCUT2D eigenvalue weighted by Gasteiger charge is 2.22. The Hall–Kier alpha value is -1.73. The minimum absolute atomic E-state index is 0.0382. The Balaban J connectivity index is 1.91. The number of hydrogen-bond donors (Lipinski definition) is 1. The number of nitro groups is 1. The van der Waals surface area contributed by atoms with Crippen LogP contribution in [0.15, 0.2) is 12.3 Å². The molecule has 1 saturated heterocycles. The van der Waals surface area contributed by atoms with Gasteiger partial charge in [0.05, 0.1) is 11.0 Å². The molecule has 2 rings (SSSR count). The summed E-state index contributed by atoms with van der Waals surface area (Å²) in [5, 5.41) is 10.7. The third-order valence-corrected chi connectivity index (χ3v) is 3.69. The predicted molar refractivity (Wildman–Crippen MR) is 80.5 cm³/mol. The summed E-state index contributed by atoms with van der Waals surface area (Å²) in [5.41, 5.74) is 6.33. The second-order valence-corrected chi connectivity index (χ2v) is 5.29. The van der Waals surface area contributed by atoms with Gasteiger partial charge in [0.1, 0.15) is 12.0 Å². The van der Waals surface area contributed by atoms with Gasteiger partial charge >= 0.3 is 0 Å². The molecule has 0 spiro atoms. The Morgan fingerprint density at radius 2 is 2.24 bits per heavy atom. The number of aryl methyl sites for hydroxylation is 1. The fraction of sp³-hybridized carbons (Fsp3) is 0.643. The zero-order valence-corrected chi connectivity index (χ0v) is 12.3. The number of rotatable bonds is 6. The van der Waals surface area contributed by atoms with E-state index in [1.807, 2.05) is 6.92 Å². The van der Waals surface area contributed by atoms with Crippen LogP contribution < -0.4 is 10.6 Å². The first kappa shape index (κ1) is 15.7. The fourth-order valence-electron chi connectivity index (χ4n) is 2.55. The molecular weight excluding hydrogens is 272 g/mol. The standard InChI is InChI=1S/C14H22N4O3/c1-11-9-12(18(19)20)10-16-14(11)17-6-3-13(4-7-17)21-8-2-5-15/h9-10,13H,2-8,15H2,1H3. The molecule has 7 nitrogen and oxygen atoms in total. The molecule has 0 amide bonds. The monoisotopic (exact) mass is 294 g/mol. The number of aromatic nitrogens is 1. The highest BCUT2D eigenvalue weighted by Crippen LogP contribution is 2.25. The molecule has 0 aliphatic carbocycles. The van der Waals surface area contributed by atoms with Crippen LogP contribution in [0, 0.1) is 17.0 Å². The van der Waals surface area contributed by atoms with Crippen molar-refractivity contribution in [1.82, 2.24) is 4.98 Å². The van der Waals surface area contributed by atoms with E-state index in [-0.39, 0.29) is 11.8 Å². The van der Waals surface area contributed by atoms with Crippen molar-refractivity contribution in [2.24, 2.45) is 5.73 Å². The summed E-state index contributed by atoms with van der Waals surface area (Å²) in [6.45, 7) is 4.96. The van der Waals surface area contributed by atoms with Gasteiger partial charge in [-0.3, -0.25) is 10.1 Å². The van der Waals surface area contributed by atoms with E-state index >= 15 is 0 Å². The second-order valence-electron chi connectivity index (χ2n) is 5.29. The van der Waals surface area contributed by atoms with E-state index in [1.165, 1.54) is 6.20 Å². The maximum atomic E-state index is 10.7. The summed E-state index contributed by atoms with van der Waals surface area (Å²) >= 11 is 0. The number of nitrogens with two attached hydrogens (primary N) is 1. The van der Waals surface area contributed by atoms with E-state index < -0.39 is 4.92 Å². The van der Waals surface area contributed by atoms with Crippen LogP contribution in [-0.4, -0.2) is 42.3 Å². The summed E-state index contributed by atoms with van der Waals surface area (Å²) in [6, 6.07) is 1.58.